The number of carbonyl (C=O) groups excluding carboxylic acids is 1. The first-order valence-electron chi connectivity index (χ1n) is 6.76. The molecule has 1 aliphatic rings. The highest BCUT2D eigenvalue weighted by Crippen LogP contribution is 2.28. The van der Waals surface area contributed by atoms with Gasteiger partial charge in [0.25, 0.3) is 5.91 Å². The lowest BCUT2D eigenvalue weighted by molar-refractivity contribution is 0.0944. The number of amides is 1. The zero-order chi connectivity index (χ0) is 13.8. The first kappa shape index (κ1) is 14.9. The van der Waals surface area contributed by atoms with Crippen molar-refractivity contribution < 1.29 is 4.79 Å². The van der Waals surface area contributed by atoms with Gasteiger partial charge >= 0.3 is 0 Å². The Kier molecular flexibility index (Phi) is 5.28. The predicted octanol–water partition coefficient (Wildman–Crippen LogP) is 4.28. The van der Waals surface area contributed by atoms with Gasteiger partial charge in [-0.2, -0.15) is 0 Å². The Hall–Kier alpha value is -0.540. The summed E-state index contributed by atoms with van der Waals surface area (Å²) in [6, 6.07) is 5.65. The first-order chi connectivity index (χ1) is 9.08. The number of carbonyl (C=O) groups is 1. The molecular formula is C15H19BrClNO. The third-order valence-electron chi connectivity index (χ3n) is 3.76. The molecule has 2 rings (SSSR count). The van der Waals surface area contributed by atoms with E-state index in [2.05, 4.69) is 21.2 Å². The normalized spacial score (nSPS) is 23.1. The van der Waals surface area contributed by atoms with Gasteiger partial charge in [-0.3, -0.25) is 4.79 Å². The fraction of sp³-hybridized carbons (Fsp3) is 0.533. The van der Waals surface area contributed by atoms with Crippen LogP contribution in [0.3, 0.4) is 0 Å². The molecule has 0 bridgehead atoms. The Morgan fingerprint density at radius 1 is 1.42 bits per heavy atom. The third-order valence-corrected chi connectivity index (χ3v) is 5.23. The van der Waals surface area contributed by atoms with Gasteiger partial charge < -0.3 is 5.32 Å². The summed E-state index contributed by atoms with van der Waals surface area (Å²) in [5.74, 6) is 0.404. The molecule has 1 N–H and O–H groups in total. The van der Waals surface area contributed by atoms with Crippen molar-refractivity contribution in [1.29, 1.82) is 0 Å². The van der Waals surface area contributed by atoms with E-state index in [-0.39, 0.29) is 11.3 Å². The maximum Gasteiger partial charge on any atom is 0.251 e. The van der Waals surface area contributed by atoms with Crippen molar-refractivity contribution in [2.45, 2.75) is 38.0 Å². The monoisotopic (exact) mass is 343 g/mol. The van der Waals surface area contributed by atoms with E-state index >= 15 is 0 Å². The zero-order valence-electron chi connectivity index (χ0n) is 11.1. The molecule has 1 aromatic carbocycles. The molecule has 2 nitrogen and oxygen atoms in total. The van der Waals surface area contributed by atoms with Gasteiger partial charge in [0.05, 0.1) is 0 Å². The predicted molar refractivity (Wildman–Crippen MR) is 82.8 cm³/mol. The molecule has 104 valence electrons. The van der Waals surface area contributed by atoms with E-state index in [0.717, 1.165) is 22.9 Å². The Balaban J connectivity index is 1.91. The van der Waals surface area contributed by atoms with Crippen molar-refractivity contribution in [3.63, 3.8) is 0 Å². The van der Waals surface area contributed by atoms with Gasteiger partial charge in [0.15, 0.2) is 0 Å². The Morgan fingerprint density at radius 3 is 2.84 bits per heavy atom. The molecule has 1 amide bonds. The molecule has 0 radical (unpaired) electrons. The van der Waals surface area contributed by atoms with Crippen LogP contribution < -0.4 is 5.32 Å². The van der Waals surface area contributed by atoms with E-state index in [1.807, 2.05) is 25.1 Å². The summed E-state index contributed by atoms with van der Waals surface area (Å²) in [6.45, 7) is 2.67. The Bertz CT molecular complexity index is 463. The Morgan fingerprint density at radius 2 is 2.16 bits per heavy atom. The van der Waals surface area contributed by atoms with Gasteiger partial charge in [-0.1, -0.05) is 28.8 Å². The van der Waals surface area contributed by atoms with Gasteiger partial charge in [0, 0.05) is 22.0 Å². The number of halogens is 2. The minimum absolute atomic E-state index is 0.00922. The summed E-state index contributed by atoms with van der Waals surface area (Å²) in [5, 5.41) is 3.22. The van der Waals surface area contributed by atoms with Crippen LogP contribution in [-0.2, 0) is 0 Å². The van der Waals surface area contributed by atoms with Crippen LogP contribution in [0.15, 0.2) is 22.7 Å². The zero-order valence-corrected chi connectivity index (χ0v) is 13.4. The second-order valence-corrected chi connectivity index (χ2v) is 6.65. The summed E-state index contributed by atoms with van der Waals surface area (Å²) in [6.07, 6.45) is 4.62. The van der Waals surface area contributed by atoms with Crippen LogP contribution in [0.4, 0.5) is 0 Å². The lowest BCUT2D eigenvalue weighted by atomic mass is 9.88. The standard InChI is InChI=1S/C15H19BrClNO/c1-10-8-11(6-7-13(10)16)15(19)18-9-12-4-2-3-5-14(12)17/h6-8,12,14H,2-5,9H2,1H3,(H,18,19). The van der Waals surface area contributed by atoms with Crippen molar-refractivity contribution in [1.82, 2.24) is 5.32 Å². The van der Waals surface area contributed by atoms with Crippen LogP contribution >= 0.6 is 27.5 Å². The van der Waals surface area contributed by atoms with Crippen LogP contribution in [0.1, 0.15) is 41.6 Å². The highest BCUT2D eigenvalue weighted by molar-refractivity contribution is 9.10. The van der Waals surface area contributed by atoms with E-state index in [0.29, 0.717) is 18.0 Å². The van der Waals surface area contributed by atoms with Crippen molar-refractivity contribution >= 4 is 33.4 Å². The van der Waals surface area contributed by atoms with E-state index in [1.54, 1.807) is 0 Å². The quantitative estimate of drug-likeness (QED) is 0.815. The highest BCUT2D eigenvalue weighted by atomic mass is 79.9. The summed E-state index contributed by atoms with van der Waals surface area (Å²) in [5.41, 5.74) is 1.78. The number of benzene rings is 1. The molecule has 1 saturated carbocycles. The average Bonchev–Trinajstić information content (AvgIpc) is 2.40. The molecule has 2 unspecified atom stereocenters. The number of aryl methyl sites for hydroxylation is 1. The average molecular weight is 345 g/mol. The lowest BCUT2D eigenvalue weighted by Gasteiger charge is -2.27. The molecule has 0 heterocycles. The van der Waals surface area contributed by atoms with Crippen molar-refractivity contribution in [2.24, 2.45) is 5.92 Å². The largest absolute Gasteiger partial charge is 0.352 e. The summed E-state index contributed by atoms with van der Waals surface area (Å²) in [7, 11) is 0. The third kappa shape index (κ3) is 3.96. The number of rotatable bonds is 3. The summed E-state index contributed by atoms with van der Waals surface area (Å²) >= 11 is 9.74. The molecule has 2 atom stereocenters. The summed E-state index contributed by atoms with van der Waals surface area (Å²) in [4.78, 5) is 12.1. The van der Waals surface area contributed by atoms with Crippen LogP contribution in [-0.4, -0.2) is 17.8 Å². The lowest BCUT2D eigenvalue weighted by Crippen LogP contribution is -2.34. The number of hydrogen-bond acceptors (Lipinski definition) is 1. The second kappa shape index (κ2) is 6.76. The van der Waals surface area contributed by atoms with Gasteiger partial charge in [0.2, 0.25) is 0 Å². The fourth-order valence-electron chi connectivity index (χ4n) is 2.50. The molecular weight excluding hydrogens is 326 g/mol. The van der Waals surface area contributed by atoms with Crippen molar-refractivity contribution in [2.75, 3.05) is 6.54 Å². The van der Waals surface area contributed by atoms with E-state index in [4.69, 9.17) is 11.6 Å². The maximum absolute atomic E-state index is 12.1. The molecule has 4 heteroatoms. The van der Waals surface area contributed by atoms with E-state index in [1.165, 1.54) is 12.8 Å². The second-order valence-electron chi connectivity index (χ2n) is 5.23. The Labute approximate surface area is 128 Å². The van der Waals surface area contributed by atoms with Crippen molar-refractivity contribution in [3.05, 3.63) is 33.8 Å². The van der Waals surface area contributed by atoms with Crippen LogP contribution in [0.5, 0.6) is 0 Å². The van der Waals surface area contributed by atoms with E-state index in [9.17, 15) is 4.79 Å². The minimum atomic E-state index is -0.00922. The topological polar surface area (TPSA) is 29.1 Å². The van der Waals surface area contributed by atoms with Crippen LogP contribution in [0.25, 0.3) is 0 Å². The molecule has 0 aromatic heterocycles. The van der Waals surface area contributed by atoms with Gasteiger partial charge in [0.1, 0.15) is 0 Å². The molecule has 19 heavy (non-hydrogen) atoms. The number of nitrogens with one attached hydrogen (secondary N) is 1. The molecule has 1 fully saturated rings. The van der Waals surface area contributed by atoms with E-state index < -0.39 is 0 Å². The van der Waals surface area contributed by atoms with Gasteiger partial charge in [-0.05, 0) is 49.4 Å². The fourth-order valence-corrected chi connectivity index (χ4v) is 3.12. The molecule has 1 aromatic rings. The molecule has 0 aliphatic heterocycles. The van der Waals surface area contributed by atoms with Gasteiger partial charge in [-0.15, -0.1) is 11.6 Å². The number of hydrogen-bond donors (Lipinski definition) is 1. The minimum Gasteiger partial charge on any atom is -0.352 e. The molecule has 0 spiro atoms. The first-order valence-corrected chi connectivity index (χ1v) is 7.99. The maximum atomic E-state index is 12.1. The van der Waals surface area contributed by atoms with Gasteiger partial charge in [-0.25, -0.2) is 0 Å². The molecule has 1 aliphatic carbocycles. The smallest absolute Gasteiger partial charge is 0.251 e. The highest BCUT2D eigenvalue weighted by Gasteiger charge is 2.23. The van der Waals surface area contributed by atoms with Crippen LogP contribution in [0, 0.1) is 12.8 Å². The van der Waals surface area contributed by atoms with Crippen LogP contribution in [0.2, 0.25) is 0 Å². The van der Waals surface area contributed by atoms with Crippen molar-refractivity contribution in [3.8, 4) is 0 Å². The summed E-state index contributed by atoms with van der Waals surface area (Å²) < 4.78 is 1.03. The SMILES string of the molecule is Cc1cc(C(=O)NCC2CCCCC2Cl)ccc1Br. The number of alkyl halides is 1. The molecule has 0 saturated heterocycles.